The van der Waals surface area contributed by atoms with Crippen molar-refractivity contribution in [1.29, 1.82) is 0 Å². The molecule has 9 heteroatoms. The molecule has 26 heavy (non-hydrogen) atoms. The van der Waals surface area contributed by atoms with E-state index < -0.39 is 0 Å². The van der Waals surface area contributed by atoms with Gasteiger partial charge >= 0.3 is 0 Å². The molecule has 0 aliphatic carbocycles. The van der Waals surface area contributed by atoms with Crippen LogP contribution in [-0.4, -0.2) is 21.5 Å². The number of aromatic nitrogens is 2. The van der Waals surface area contributed by atoms with Crippen LogP contribution in [0.3, 0.4) is 0 Å². The van der Waals surface area contributed by atoms with E-state index in [4.69, 9.17) is 11.6 Å². The van der Waals surface area contributed by atoms with Gasteiger partial charge in [0, 0.05) is 16.5 Å². The lowest BCUT2D eigenvalue weighted by molar-refractivity contribution is 0.0959. The lowest BCUT2D eigenvalue weighted by Gasteiger charge is -1.97. The molecule has 0 spiro atoms. The Bertz CT molecular complexity index is 1110. The van der Waals surface area contributed by atoms with Crippen LogP contribution in [0.1, 0.15) is 15.4 Å². The molecule has 0 saturated carbocycles. The number of rotatable bonds is 4. The third-order valence-corrected chi connectivity index (χ3v) is 5.73. The van der Waals surface area contributed by atoms with E-state index in [2.05, 4.69) is 15.5 Å². The fourth-order valence-corrected chi connectivity index (χ4v) is 4.22. The second-order valence-corrected chi connectivity index (χ2v) is 7.53. The number of benzene rings is 1. The molecule has 3 heterocycles. The number of hydrazone groups is 1. The van der Waals surface area contributed by atoms with E-state index in [0.717, 1.165) is 15.4 Å². The first kappa shape index (κ1) is 16.9. The smallest absolute Gasteiger partial charge is 0.281 e. The van der Waals surface area contributed by atoms with Crippen molar-refractivity contribution in [3.63, 3.8) is 0 Å². The maximum atomic E-state index is 13.0. The summed E-state index contributed by atoms with van der Waals surface area (Å²) >= 11 is 8.83. The average molecular weight is 405 g/mol. The van der Waals surface area contributed by atoms with Crippen LogP contribution in [0.4, 0.5) is 4.39 Å². The Labute approximate surface area is 160 Å². The highest BCUT2D eigenvalue weighted by Crippen LogP contribution is 2.28. The molecule has 0 saturated heterocycles. The Balaban J connectivity index is 1.48. The number of nitrogens with zero attached hydrogens (tertiary/aromatic N) is 3. The summed E-state index contributed by atoms with van der Waals surface area (Å²) in [5.74, 6) is -0.627. The van der Waals surface area contributed by atoms with Gasteiger partial charge in [0.2, 0.25) is 0 Å². The fraction of sp³-hybridized carbons (Fsp3) is 0. The Morgan fingerprint density at radius 3 is 2.88 bits per heavy atom. The molecule has 0 aliphatic rings. The van der Waals surface area contributed by atoms with Gasteiger partial charge in [-0.3, -0.25) is 9.20 Å². The fourth-order valence-electron chi connectivity index (χ4n) is 2.33. The number of thiophene rings is 1. The maximum Gasteiger partial charge on any atom is 0.281 e. The van der Waals surface area contributed by atoms with Gasteiger partial charge in [-0.1, -0.05) is 23.7 Å². The number of hydrogen-bond acceptors (Lipinski definition) is 5. The number of halogens is 2. The van der Waals surface area contributed by atoms with Crippen molar-refractivity contribution in [3.05, 3.63) is 69.5 Å². The summed E-state index contributed by atoms with van der Waals surface area (Å²) < 4.78 is 14.8. The Hall–Kier alpha value is -2.55. The number of fused-ring (bicyclic) bond motifs is 1. The summed E-state index contributed by atoms with van der Waals surface area (Å²) in [4.78, 5) is 18.6. The highest BCUT2D eigenvalue weighted by molar-refractivity contribution is 7.17. The van der Waals surface area contributed by atoms with Crippen LogP contribution in [-0.2, 0) is 0 Å². The number of nitrogens with one attached hydrogen (secondary N) is 1. The van der Waals surface area contributed by atoms with Crippen molar-refractivity contribution in [2.45, 2.75) is 0 Å². The van der Waals surface area contributed by atoms with E-state index in [1.807, 2.05) is 17.6 Å². The SMILES string of the molecule is O=C(N/N=C\c1c(Cl)nc2sccn12)c1ccc(-c2ccc(F)cc2)s1. The lowest BCUT2D eigenvalue weighted by Crippen LogP contribution is -2.16. The van der Waals surface area contributed by atoms with E-state index in [1.165, 1.54) is 41.0 Å². The van der Waals surface area contributed by atoms with E-state index in [-0.39, 0.29) is 11.7 Å². The summed E-state index contributed by atoms with van der Waals surface area (Å²) in [6.45, 7) is 0. The molecule has 1 N–H and O–H groups in total. The third kappa shape index (κ3) is 3.26. The molecule has 130 valence electrons. The molecule has 0 fully saturated rings. The minimum Gasteiger partial charge on any atom is -0.288 e. The molecule has 0 bridgehead atoms. The topological polar surface area (TPSA) is 58.8 Å². The average Bonchev–Trinajstić information content (AvgIpc) is 3.33. The number of hydrogen-bond donors (Lipinski definition) is 1. The van der Waals surface area contributed by atoms with Gasteiger partial charge in [-0.15, -0.1) is 22.7 Å². The molecule has 0 radical (unpaired) electrons. The van der Waals surface area contributed by atoms with Crippen molar-refractivity contribution >= 4 is 51.4 Å². The van der Waals surface area contributed by atoms with E-state index in [1.54, 1.807) is 22.6 Å². The molecule has 0 unspecified atom stereocenters. The molecule has 4 rings (SSSR count). The monoisotopic (exact) mass is 404 g/mol. The van der Waals surface area contributed by atoms with Gasteiger partial charge in [-0.05, 0) is 29.8 Å². The Kier molecular flexibility index (Phi) is 4.54. The molecule has 3 aromatic heterocycles. The number of thiazole rings is 1. The van der Waals surface area contributed by atoms with Crippen LogP contribution in [0, 0.1) is 5.82 Å². The zero-order valence-electron chi connectivity index (χ0n) is 13.0. The second-order valence-electron chi connectivity index (χ2n) is 5.21. The second kappa shape index (κ2) is 6.99. The highest BCUT2D eigenvalue weighted by atomic mass is 35.5. The number of carbonyl (C=O) groups is 1. The molecule has 0 aliphatic heterocycles. The Morgan fingerprint density at radius 2 is 2.08 bits per heavy atom. The quantitative estimate of drug-likeness (QED) is 0.396. The first-order valence-corrected chi connectivity index (χ1v) is 9.49. The highest BCUT2D eigenvalue weighted by Gasteiger charge is 2.11. The van der Waals surface area contributed by atoms with Gasteiger partial charge in [0.1, 0.15) is 11.5 Å². The zero-order valence-corrected chi connectivity index (χ0v) is 15.4. The molecular weight excluding hydrogens is 395 g/mol. The van der Waals surface area contributed by atoms with Gasteiger partial charge in [0.25, 0.3) is 5.91 Å². The van der Waals surface area contributed by atoms with Crippen LogP contribution in [0.5, 0.6) is 0 Å². The van der Waals surface area contributed by atoms with Gasteiger partial charge in [0.15, 0.2) is 10.1 Å². The van der Waals surface area contributed by atoms with Crippen molar-refractivity contribution in [1.82, 2.24) is 14.8 Å². The minimum atomic E-state index is -0.332. The zero-order chi connectivity index (χ0) is 18.1. The number of imidazole rings is 1. The van der Waals surface area contributed by atoms with Gasteiger partial charge in [-0.25, -0.2) is 14.8 Å². The largest absolute Gasteiger partial charge is 0.288 e. The van der Waals surface area contributed by atoms with Crippen LogP contribution >= 0.6 is 34.3 Å². The normalized spacial score (nSPS) is 11.5. The van der Waals surface area contributed by atoms with Crippen LogP contribution < -0.4 is 5.43 Å². The molecule has 1 amide bonds. The van der Waals surface area contributed by atoms with Crippen LogP contribution in [0.15, 0.2) is 53.1 Å². The predicted octanol–water partition coefficient (Wildman–Crippen LogP) is 4.68. The Morgan fingerprint density at radius 1 is 1.27 bits per heavy atom. The van der Waals surface area contributed by atoms with Gasteiger partial charge in [0.05, 0.1) is 11.1 Å². The summed E-state index contributed by atoms with van der Waals surface area (Å²) in [6, 6.07) is 9.65. The maximum absolute atomic E-state index is 13.0. The van der Waals surface area contributed by atoms with E-state index >= 15 is 0 Å². The predicted molar refractivity (Wildman–Crippen MR) is 103 cm³/mol. The standard InChI is InChI=1S/C17H10ClFN4OS2/c18-15-12(23-7-8-25-17(23)21-15)9-20-22-16(24)14-6-5-13(26-14)10-1-3-11(19)4-2-10/h1-9H,(H,22,24)/b20-9-. The molecule has 0 atom stereocenters. The third-order valence-electron chi connectivity index (χ3n) is 3.57. The van der Waals surface area contributed by atoms with Crippen molar-refractivity contribution in [2.75, 3.05) is 0 Å². The lowest BCUT2D eigenvalue weighted by atomic mass is 10.2. The summed E-state index contributed by atoms with van der Waals surface area (Å²) in [7, 11) is 0. The van der Waals surface area contributed by atoms with Gasteiger partial charge in [-0.2, -0.15) is 5.10 Å². The molecule has 1 aromatic carbocycles. The molecular formula is C17H10ClFN4OS2. The van der Waals surface area contributed by atoms with Crippen molar-refractivity contribution < 1.29 is 9.18 Å². The molecule has 4 aromatic rings. The first-order valence-electron chi connectivity index (χ1n) is 7.42. The van der Waals surface area contributed by atoms with Crippen LogP contribution in [0.2, 0.25) is 5.15 Å². The number of carbonyl (C=O) groups excluding carboxylic acids is 1. The first-order chi connectivity index (χ1) is 12.6. The molecule has 5 nitrogen and oxygen atoms in total. The van der Waals surface area contributed by atoms with E-state index in [9.17, 15) is 9.18 Å². The van der Waals surface area contributed by atoms with Crippen molar-refractivity contribution in [3.8, 4) is 10.4 Å². The van der Waals surface area contributed by atoms with Crippen molar-refractivity contribution in [2.24, 2.45) is 5.10 Å². The minimum absolute atomic E-state index is 0.295. The van der Waals surface area contributed by atoms with E-state index in [0.29, 0.717) is 15.7 Å². The summed E-state index contributed by atoms with van der Waals surface area (Å²) in [5, 5.41) is 6.18. The van der Waals surface area contributed by atoms with Gasteiger partial charge < -0.3 is 0 Å². The summed E-state index contributed by atoms with van der Waals surface area (Å²) in [6.07, 6.45) is 3.29. The van der Waals surface area contributed by atoms with Crippen LogP contribution in [0.25, 0.3) is 15.4 Å². The summed E-state index contributed by atoms with van der Waals surface area (Å²) in [5.41, 5.74) is 3.93. The number of amides is 1.